The molecule has 2 rings (SSSR count). The van der Waals surface area contributed by atoms with E-state index in [0.29, 0.717) is 13.2 Å². The van der Waals surface area contributed by atoms with Gasteiger partial charge in [0, 0.05) is 19.1 Å². The number of sulfonamides is 1. The van der Waals surface area contributed by atoms with Crippen molar-refractivity contribution in [3.05, 3.63) is 23.8 Å². The van der Waals surface area contributed by atoms with Crippen molar-refractivity contribution in [2.24, 2.45) is 0 Å². The highest BCUT2D eigenvalue weighted by atomic mass is 32.2. The number of rotatable bonds is 8. The number of carbonyl (C=O) groups is 2. The van der Waals surface area contributed by atoms with Crippen molar-refractivity contribution >= 4 is 21.9 Å². The number of ether oxygens (including phenoxy) is 3. The van der Waals surface area contributed by atoms with E-state index >= 15 is 0 Å². The van der Waals surface area contributed by atoms with E-state index in [0.717, 1.165) is 6.42 Å². The number of nitrogens with one attached hydrogen (secondary N) is 1. The summed E-state index contributed by atoms with van der Waals surface area (Å²) in [6.07, 6.45) is 0.745. The zero-order valence-corrected chi connectivity index (χ0v) is 17.1. The van der Waals surface area contributed by atoms with Crippen LogP contribution in [0.1, 0.15) is 30.6 Å². The molecule has 0 radical (unpaired) electrons. The van der Waals surface area contributed by atoms with Crippen molar-refractivity contribution in [1.82, 2.24) is 9.62 Å². The van der Waals surface area contributed by atoms with Gasteiger partial charge in [-0.05, 0) is 31.5 Å². The minimum absolute atomic E-state index is 0.0391. The Hall–Kier alpha value is -2.17. The van der Waals surface area contributed by atoms with Crippen LogP contribution in [0, 0.1) is 0 Å². The van der Waals surface area contributed by atoms with Crippen LogP contribution in [0.25, 0.3) is 0 Å². The molecule has 1 aromatic carbocycles. The van der Waals surface area contributed by atoms with Crippen molar-refractivity contribution in [3.8, 4) is 5.75 Å². The predicted octanol–water partition coefficient (Wildman–Crippen LogP) is 0.788. The molecule has 1 N–H and O–H groups in total. The fourth-order valence-electron chi connectivity index (χ4n) is 2.57. The molecule has 0 spiro atoms. The summed E-state index contributed by atoms with van der Waals surface area (Å²) in [5.74, 6) is -1.11. The normalized spacial score (nSPS) is 16.2. The number of methoxy groups -OCH3 is 1. The maximum absolute atomic E-state index is 12.8. The van der Waals surface area contributed by atoms with Crippen LogP contribution in [0.2, 0.25) is 0 Å². The zero-order chi connectivity index (χ0) is 20.7. The summed E-state index contributed by atoms with van der Waals surface area (Å²) in [5, 5.41) is 2.68. The Labute approximate surface area is 165 Å². The molecule has 1 heterocycles. The molecule has 1 aliphatic rings. The largest absolute Gasteiger partial charge is 0.496 e. The summed E-state index contributed by atoms with van der Waals surface area (Å²) < 4.78 is 42.2. The SMILES string of the molecule is CC[C@H](C)NC(=O)COC(=O)c1cc(S(=O)(=O)N2CCOCC2)ccc1OC. The summed E-state index contributed by atoms with van der Waals surface area (Å²) in [5.41, 5.74) is -0.0619. The van der Waals surface area contributed by atoms with E-state index in [1.165, 1.54) is 29.6 Å². The van der Waals surface area contributed by atoms with E-state index in [4.69, 9.17) is 14.2 Å². The van der Waals surface area contributed by atoms with Gasteiger partial charge in [0.1, 0.15) is 11.3 Å². The number of hydrogen-bond donors (Lipinski definition) is 1. The molecule has 0 saturated carbocycles. The van der Waals surface area contributed by atoms with Crippen LogP contribution in [0.15, 0.2) is 23.1 Å². The zero-order valence-electron chi connectivity index (χ0n) is 16.3. The van der Waals surface area contributed by atoms with Gasteiger partial charge in [-0.3, -0.25) is 4.79 Å². The molecule has 0 aliphatic carbocycles. The standard InChI is InChI=1S/C18H26N2O7S/c1-4-13(2)19-17(21)12-27-18(22)15-11-14(5-6-16(15)25-3)28(23,24)20-7-9-26-10-8-20/h5-6,11,13H,4,7-10,12H2,1-3H3,(H,19,21)/t13-/m0/s1. The van der Waals surface area contributed by atoms with Gasteiger partial charge in [0.05, 0.1) is 25.2 Å². The van der Waals surface area contributed by atoms with Crippen LogP contribution in [0.3, 0.4) is 0 Å². The van der Waals surface area contributed by atoms with Crippen LogP contribution in [-0.2, 0) is 24.3 Å². The second kappa shape index (κ2) is 9.85. The van der Waals surface area contributed by atoms with E-state index in [9.17, 15) is 18.0 Å². The maximum Gasteiger partial charge on any atom is 0.342 e. The quantitative estimate of drug-likeness (QED) is 0.626. The van der Waals surface area contributed by atoms with Crippen LogP contribution in [0.5, 0.6) is 5.75 Å². The van der Waals surface area contributed by atoms with Gasteiger partial charge in [-0.2, -0.15) is 4.31 Å². The summed E-state index contributed by atoms with van der Waals surface area (Å²) in [7, 11) is -2.42. The molecule has 10 heteroatoms. The lowest BCUT2D eigenvalue weighted by atomic mass is 10.2. The van der Waals surface area contributed by atoms with E-state index in [2.05, 4.69) is 5.32 Å². The molecule has 156 valence electrons. The van der Waals surface area contributed by atoms with Gasteiger partial charge in [-0.25, -0.2) is 13.2 Å². The van der Waals surface area contributed by atoms with Gasteiger partial charge < -0.3 is 19.5 Å². The first-order valence-corrected chi connectivity index (χ1v) is 10.5. The number of nitrogens with zero attached hydrogens (tertiary/aromatic N) is 1. The molecule has 1 atom stereocenters. The van der Waals surface area contributed by atoms with E-state index in [-0.39, 0.29) is 35.3 Å². The first kappa shape index (κ1) is 22.1. The highest BCUT2D eigenvalue weighted by Crippen LogP contribution is 2.25. The minimum atomic E-state index is -3.78. The lowest BCUT2D eigenvalue weighted by Gasteiger charge is -2.26. The maximum atomic E-state index is 12.8. The molecule has 1 fully saturated rings. The Balaban J connectivity index is 2.17. The van der Waals surface area contributed by atoms with Crippen molar-refractivity contribution in [3.63, 3.8) is 0 Å². The molecule has 1 aliphatic heterocycles. The van der Waals surface area contributed by atoms with Crippen LogP contribution in [0.4, 0.5) is 0 Å². The topological polar surface area (TPSA) is 111 Å². The van der Waals surface area contributed by atoms with Gasteiger partial charge in [-0.1, -0.05) is 6.92 Å². The number of esters is 1. The Morgan fingerprint density at radius 1 is 1.29 bits per heavy atom. The summed E-state index contributed by atoms with van der Waals surface area (Å²) in [4.78, 5) is 24.2. The number of amides is 1. The van der Waals surface area contributed by atoms with Gasteiger partial charge in [0.15, 0.2) is 6.61 Å². The average molecular weight is 414 g/mol. The van der Waals surface area contributed by atoms with Crippen molar-refractivity contribution in [2.45, 2.75) is 31.2 Å². The number of morpholine rings is 1. The third-order valence-corrected chi connectivity index (χ3v) is 6.25. The first-order chi connectivity index (χ1) is 13.3. The van der Waals surface area contributed by atoms with Gasteiger partial charge in [0.2, 0.25) is 10.0 Å². The van der Waals surface area contributed by atoms with Crippen molar-refractivity contribution < 1.29 is 32.2 Å². The third-order valence-electron chi connectivity index (χ3n) is 4.35. The number of benzene rings is 1. The van der Waals surface area contributed by atoms with Gasteiger partial charge >= 0.3 is 5.97 Å². The minimum Gasteiger partial charge on any atom is -0.496 e. The summed E-state index contributed by atoms with van der Waals surface area (Å²) in [6, 6.07) is 3.93. The highest BCUT2D eigenvalue weighted by molar-refractivity contribution is 7.89. The van der Waals surface area contributed by atoms with Crippen LogP contribution < -0.4 is 10.1 Å². The third kappa shape index (κ3) is 5.43. The van der Waals surface area contributed by atoms with E-state index < -0.39 is 28.5 Å². The van der Waals surface area contributed by atoms with Crippen molar-refractivity contribution in [1.29, 1.82) is 0 Å². The fourth-order valence-corrected chi connectivity index (χ4v) is 4.01. The molecule has 1 amide bonds. The van der Waals surface area contributed by atoms with E-state index in [1.807, 2.05) is 13.8 Å². The van der Waals surface area contributed by atoms with Crippen LogP contribution >= 0.6 is 0 Å². The Morgan fingerprint density at radius 2 is 1.96 bits per heavy atom. The van der Waals surface area contributed by atoms with Crippen molar-refractivity contribution in [2.75, 3.05) is 40.0 Å². The molecular weight excluding hydrogens is 388 g/mol. The van der Waals surface area contributed by atoms with Gasteiger partial charge in [-0.15, -0.1) is 0 Å². The summed E-state index contributed by atoms with van der Waals surface area (Å²) in [6.45, 7) is 4.40. The fraction of sp³-hybridized carbons (Fsp3) is 0.556. The molecule has 0 bridgehead atoms. The predicted molar refractivity (Wildman–Crippen MR) is 101 cm³/mol. The molecular formula is C18H26N2O7S. The second-order valence-electron chi connectivity index (χ2n) is 6.33. The highest BCUT2D eigenvalue weighted by Gasteiger charge is 2.28. The Bertz CT molecular complexity index is 804. The molecule has 28 heavy (non-hydrogen) atoms. The van der Waals surface area contributed by atoms with E-state index in [1.54, 1.807) is 0 Å². The molecule has 0 unspecified atom stereocenters. The first-order valence-electron chi connectivity index (χ1n) is 9.02. The molecule has 9 nitrogen and oxygen atoms in total. The molecule has 1 saturated heterocycles. The lowest BCUT2D eigenvalue weighted by Crippen LogP contribution is -2.40. The molecule has 1 aromatic rings. The lowest BCUT2D eigenvalue weighted by molar-refractivity contribution is -0.124. The monoisotopic (exact) mass is 414 g/mol. The number of hydrogen-bond acceptors (Lipinski definition) is 7. The Kier molecular flexibility index (Phi) is 7.78. The summed E-state index contributed by atoms with van der Waals surface area (Å²) >= 11 is 0. The number of carbonyl (C=O) groups excluding carboxylic acids is 2. The average Bonchev–Trinajstić information content (AvgIpc) is 2.71. The van der Waals surface area contributed by atoms with Gasteiger partial charge in [0.25, 0.3) is 5.91 Å². The van der Waals surface area contributed by atoms with Crippen LogP contribution in [-0.4, -0.2) is 70.7 Å². The smallest absolute Gasteiger partial charge is 0.342 e. The molecule has 0 aromatic heterocycles. The second-order valence-corrected chi connectivity index (χ2v) is 8.27. The Morgan fingerprint density at radius 3 is 2.57 bits per heavy atom.